The number of carbonyl (C=O) groups is 2. The molecule has 10 nitrogen and oxygen atoms in total. The number of phenolic OH excluding ortho intramolecular Hbond substituents is 1. The molecule has 2 unspecified atom stereocenters. The van der Waals surface area contributed by atoms with Crippen LogP contribution in [0.4, 0.5) is 5.69 Å². The molecule has 174 valence electrons. The molecule has 0 aromatic heterocycles. The minimum Gasteiger partial charge on any atom is -0.508 e. The van der Waals surface area contributed by atoms with Crippen molar-refractivity contribution in [1.82, 2.24) is 5.32 Å². The monoisotopic (exact) mass is 448 g/mol. The molecule has 10 heteroatoms. The maximum absolute atomic E-state index is 10.6. The largest absolute Gasteiger partial charge is 0.508 e. The number of carboxylic acids is 2. The lowest BCUT2D eigenvalue weighted by atomic mass is 10.0. The first-order chi connectivity index (χ1) is 15.1. The summed E-state index contributed by atoms with van der Waals surface area (Å²) in [5.74, 6) is -2.02. The van der Waals surface area contributed by atoms with E-state index < -0.39 is 23.0 Å². The molecule has 2 aromatic rings. The average Bonchev–Trinajstić information content (AvgIpc) is 2.75. The summed E-state index contributed by atoms with van der Waals surface area (Å²) in [6.07, 6.45) is 0.378. The molecule has 32 heavy (non-hydrogen) atoms. The molecule has 0 heterocycles. The van der Waals surface area contributed by atoms with Gasteiger partial charge in [0.15, 0.2) is 0 Å². The number of aliphatic carboxylic acids is 2. The first-order valence-corrected chi connectivity index (χ1v) is 9.95. The van der Waals surface area contributed by atoms with Crippen LogP contribution in [-0.2, 0) is 16.0 Å². The van der Waals surface area contributed by atoms with Gasteiger partial charge in [0.1, 0.15) is 5.75 Å². The Kier molecular flexibility index (Phi) is 11.4. The molecule has 0 spiro atoms. The molecule has 2 aromatic carbocycles. The van der Waals surface area contributed by atoms with E-state index in [-0.39, 0.29) is 30.3 Å². The van der Waals surface area contributed by atoms with Gasteiger partial charge in [-0.2, -0.15) is 0 Å². The zero-order chi connectivity index (χ0) is 24.1. The second-order valence-electron chi connectivity index (χ2n) is 7.17. The Morgan fingerprint density at radius 1 is 1.06 bits per heavy atom. The quantitative estimate of drug-likeness (QED) is 0.256. The van der Waals surface area contributed by atoms with E-state index in [2.05, 4.69) is 5.32 Å². The average molecular weight is 448 g/mol. The van der Waals surface area contributed by atoms with Gasteiger partial charge in [0.2, 0.25) is 0 Å². The molecule has 0 saturated heterocycles. The molecule has 0 aliphatic carbocycles. The van der Waals surface area contributed by atoms with Crippen molar-refractivity contribution in [1.29, 1.82) is 0 Å². The zero-order valence-electron chi connectivity index (χ0n) is 17.7. The first kappa shape index (κ1) is 26.5. The van der Waals surface area contributed by atoms with Gasteiger partial charge in [0.05, 0.1) is 23.9 Å². The number of hydrogen-bond acceptors (Lipinski definition) is 7. The number of aryl methyl sites for hydroxylation is 1. The second kappa shape index (κ2) is 13.7. The van der Waals surface area contributed by atoms with Crippen LogP contribution in [0.15, 0.2) is 48.5 Å². The standard InChI is InChI=1S/C18H22N2O4.C4H6O4/c1-13(5-6-14-7-9-16(10-8-14)20(23)24)19-12-18(22)15-3-2-4-17(21)11-15;5-3(6)1-2-4(7)8/h2-4,7-11,13,18-19,21-22H,5-6,12H2,1H3;1-2H2,(H,5,6)(H,7,8). The molecule has 0 aliphatic heterocycles. The van der Waals surface area contributed by atoms with Gasteiger partial charge in [-0.3, -0.25) is 19.7 Å². The van der Waals surface area contributed by atoms with Crippen LogP contribution in [0.3, 0.4) is 0 Å². The number of aromatic hydroxyl groups is 1. The number of phenols is 1. The second-order valence-corrected chi connectivity index (χ2v) is 7.17. The van der Waals surface area contributed by atoms with E-state index >= 15 is 0 Å². The SMILES string of the molecule is CC(CCc1ccc([N+](=O)[O-])cc1)NCC(O)c1cccc(O)c1.O=C(O)CCC(=O)O. The third-order valence-corrected chi connectivity index (χ3v) is 4.48. The van der Waals surface area contributed by atoms with E-state index in [1.54, 1.807) is 36.4 Å². The van der Waals surface area contributed by atoms with Gasteiger partial charge in [-0.15, -0.1) is 0 Å². The highest BCUT2D eigenvalue weighted by molar-refractivity contribution is 5.75. The molecule has 0 bridgehead atoms. The van der Waals surface area contributed by atoms with Crippen molar-refractivity contribution in [3.8, 4) is 5.75 Å². The van der Waals surface area contributed by atoms with Gasteiger partial charge in [0, 0.05) is 24.7 Å². The molecule has 0 amide bonds. The maximum Gasteiger partial charge on any atom is 0.303 e. The van der Waals surface area contributed by atoms with E-state index in [1.165, 1.54) is 12.1 Å². The van der Waals surface area contributed by atoms with Gasteiger partial charge < -0.3 is 25.7 Å². The minimum atomic E-state index is -1.08. The number of rotatable bonds is 11. The fourth-order valence-corrected chi connectivity index (χ4v) is 2.65. The number of benzene rings is 2. The van der Waals surface area contributed by atoms with Crippen molar-refractivity contribution in [2.24, 2.45) is 0 Å². The Bertz CT molecular complexity index is 872. The summed E-state index contributed by atoms with van der Waals surface area (Å²) in [6, 6.07) is 13.3. The van der Waals surface area contributed by atoms with Crippen molar-refractivity contribution in [3.63, 3.8) is 0 Å². The number of nitro groups is 1. The van der Waals surface area contributed by atoms with E-state index in [9.17, 15) is 29.9 Å². The summed E-state index contributed by atoms with van der Waals surface area (Å²) in [5, 5.41) is 49.2. The van der Waals surface area contributed by atoms with Gasteiger partial charge in [0.25, 0.3) is 5.69 Å². The lowest BCUT2D eigenvalue weighted by Crippen LogP contribution is -2.30. The van der Waals surface area contributed by atoms with Crippen LogP contribution < -0.4 is 5.32 Å². The van der Waals surface area contributed by atoms with E-state index in [4.69, 9.17) is 10.2 Å². The van der Waals surface area contributed by atoms with Crippen LogP contribution in [0.2, 0.25) is 0 Å². The molecule has 0 saturated carbocycles. The topological polar surface area (TPSA) is 170 Å². The Morgan fingerprint density at radius 3 is 2.16 bits per heavy atom. The van der Waals surface area contributed by atoms with Crippen LogP contribution in [-0.4, -0.2) is 49.9 Å². The van der Waals surface area contributed by atoms with Gasteiger partial charge in [-0.05, 0) is 43.0 Å². The normalized spacial score (nSPS) is 12.2. The Balaban J connectivity index is 0.000000547. The van der Waals surface area contributed by atoms with Crippen molar-refractivity contribution in [3.05, 3.63) is 69.8 Å². The van der Waals surface area contributed by atoms with Gasteiger partial charge >= 0.3 is 11.9 Å². The zero-order valence-corrected chi connectivity index (χ0v) is 17.7. The van der Waals surface area contributed by atoms with Crippen molar-refractivity contribution in [2.45, 2.75) is 44.8 Å². The third-order valence-electron chi connectivity index (χ3n) is 4.48. The molecular formula is C22H28N2O8. The minimum absolute atomic E-state index is 0.0964. The number of non-ortho nitro benzene ring substituents is 1. The van der Waals surface area contributed by atoms with Crippen molar-refractivity contribution < 1.29 is 34.9 Å². The van der Waals surface area contributed by atoms with E-state index in [0.29, 0.717) is 12.1 Å². The predicted molar refractivity (Wildman–Crippen MR) is 116 cm³/mol. The Hall–Kier alpha value is -3.50. The Morgan fingerprint density at radius 2 is 1.66 bits per heavy atom. The highest BCUT2D eigenvalue weighted by Gasteiger charge is 2.11. The molecule has 0 radical (unpaired) electrons. The highest BCUT2D eigenvalue weighted by Crippen LogP contribution is 2.18. The van der Waals surface area contributed by atoms with Crippen LogP contribution in [0, 0.1) is 10.1 Å². The first-order valence-electron chi connectivity index (χ1n) is 9.95. The van der Waals surface area contributed by atoms with Crippen LogP contribution in [0.1, 0.15) is 43.4 Å². The number of aliphatic hydroxyl groups is 1. The summed E-state index contributed by atoms with van der Waals surface area (Å²) in [5.41, 5.74) is 1.81. The Labute approximate surface area is 185 Å². The molecule has 2 atom stereocenters. The summed E-state index contributed by atoms with van der Waals surface area (Å²) in [4.78, 5) is 29.5. The lowest BCUT2D eigenvalue weighted by Gasteiger charge is -2.17. The summed E-state index contributed by atoms with van der Waals surface area (Å²) in [7, 11) is 0. The molecule has 0 fully saturated rings. The third kappa shape index (κ3) is 11.0. The van der Waals surface area contributed by atoms with Crippen LogP contribution >= 0.6 is 0 Å². The highest BCUT2D eigenvalue weighted by atomic mass is 16.6. The lowest BCUT2D eigenvalue weighted by molar-refractivity contribution is -0.384. The van der Waals surface area contributed by atoms with E-state index in [0.717, 1.165) is 18.4 Å². The van der Waals surface area contributed by atoms with Crippen molar-refractivity contribution >= 4 is 17.6 Å². The smallest absolute Gasteiger partial charge is 0.303 e. The molecule has 0 aliphatic rings. The number of nitro benzene ring substituents is 1. The summed E-state index contributed by atoms with van der Waals surface area (Å²) >= 11 is 0. The van der Waals surface area contributed by atoms with Crippen molar-refractivity contribution in [2.75, 3.05) is 6.54 Å². The van der Waals surface area contributed by atoms with Crippen LogP contribution in [0.25, 0.3) is 0 Å². The number of aliphatic hydroxyl groups excluding tert-OH is 1. The fraction of sp³-hybridized carbons (Fsp3) is 0.364. The number of hydrogen-bond donors (Lipinski definition) is 5. The van der Waals surface area contributed by atoms with E-state index in [1.807, 2.05) is 6.92 Å². The molecule has 2 rings (SSSR count). The summed E-state index contributed by atoms with van der Waals surface area (Å²) in [6.45, 7) is 2.42. The summed E-state index contributed by atoms with van der Waals surface area (Å²) < 4.78 is 0. The fourth-order valence-electron chi connectivity index (χ4n) is 2.65. The maximum atomic E-state index is 10.6. The van der Waals surface area contributed by atoms with Crippen LogP contribution in [0.5, 0.6) is 5.75 Å². The predicted octanol–water partition coefficient (Wildman–Crippen LogP) is 2.88. The number of carboxylic acid groups (broad SMARTS) is 2. The van der Waals surface area contributed by atoms with Gasteiger partial charge in [-0.25, -0.2) is 0 Å². The number of nitrogens with zero attached hydrogens (tertiary/aromatic N) is 1. The number of nitrogens with one attached hydrogen (secondary N) is 1. The molecular weight excluding hydrogens is 420 g/mol. The van der Waals surface area contributed by atoms with Gasteiger partial charge in [-0.1, -0.05) is 24.3 Å². The molecule has 5 N–H and O–H groups in total.